The van der Waals surface area contributed by atoms with Crippen LogP contribution in [0.2, 0.25) is 0 Å². The number of morpholine rings is 1. The lowest BCUT2D eigenvalue weighted by Gasteiger charge is -2.37. The van der Waals surface area contributed by atoms with E-state index in [0.717, 1.165) is 64.3 Å². The van der Waals surface area contributed by atoms with Crippen LogP contribution in [0.5, 0.6) is 0 Å². The van der Waals surface area contributed by atoms with E-state index in [1.54, 1.807) is 0 Å². The Bertz CT molecular complexity index is 365. The lowest BCUT2D eigenvalue weighted by Crippen LogP contribution is -2.48. The number of carbonyl (C=O) groups excluding carboxylic acids is 1. The second-order valence-corrected chi connectivity index (χ2v) is 7.47. The smallest absolute Gasteiger partial charge is 0.239 e. The van der Waals surface area contributed by atoms with Crippen LogP contribution < -0.4 is 5.73 Å². The van der Waals surface area contributed by atoms with Gasteiger partial charge in [0.1, 0.15) is 0 Å². The second-order valence-electron chi connectivity index (χ2n) is 7.47. The van der Waals surface area contributed by atoms with Gasteiger partial charge in [0.05, 0.1) is 18.2 Å². The SMILES string of the molecule is CCCC(N)C(=O)N1CCC(CCN2CC(C)OC(C)C2)CC1.Cl. The minimum atomic E-state index is -0.298. The molecule has 0 bridgehead atoms. The van der Waals surface area contributed by atoms with Gasteiger partial charge in [0, 0.05) is 26.2 Å². The van der Waals surface area contributed by atoms with Gasteiger partial charge >= 0.3 is 0 Å². The third-order valence-electron chi connectivity index (χ3n) is 5.19. The maximum Gasteiger partial charge on any atom is 0.239 e. The number of amides is 1. The van der Waals surface area contributed by atoms with Gasteiger partial charge < -0.3 is 15.4 Å². The molecular weight excluding hydrogens is 326 g/mol. The summed E-state index contributed by atoms with van der Waals surface area (Å²) in [6.07, 6.45) is 5.95. The summed E-state index contributed by atoms with van der Waals surface area (Å²) in [5, 5.41) is 0. The molecule has 2 saturated heterocycles. The number of nitrogens with zero attached hydrogens (tertiary/aromatic N) is 2. The van der Waals surface area contributed by atoms with Gasteiger partial charge in [-0.2, -0.15) is 0 Å². The largest absolute Gasteiger partial charge is 0.373 e. The van der Waals surface area contributed by atoms with E-state index in [0.29, 0.717) is 12.2 Å². The van der Waals surface area contributed by atoms with Gasteiger partial charge in [0.25, 0.3) is 0 Å². The second kappa shape index (κ2) is 10.6. The monoisotopic (exact) mass is 361 g/mol. The Morgan fingerprint density at radius 3 is 2.33 bits per heavy atom. The van der Waals surface area contributed by atoms with Crippen molar-refractivity contribution in [1.29, 1.82) is 0 Å². The third kappa shape index (κ3) is 6.51. The number of hydrogen-bond acceptors (Lipinski definition) is 4. The van der Waals surface area contributed by atoms with E-state index in [9.17, 15) is 4.79 Å². The van der Waals surface area contributed by atoms with E-state index < -0.39 is 0 Å². The quantitative estimate of drug-likeness (QED) is 0.788. The standard InChI is InChI=1S/C18H35N3O2.ClH/c1-4-5-17(19)18(22)21-10-7-16(8-11-21)6-9-20-12-14(2)23-15(3)13-20;/h14-17H,4-13,19H2,1-3H3;1H. The number of nitrogens with two attached hydrogens (primary N) is 1. The van der Waals surface area contributed by atoms with Crippen LogP contribution in [0.3, 0.4) is 0 Å². The predicted molar refractivity (Wildman–Crippen MR) is 101 cm³/mol. The summed E-state index contributed by atoms with van der Waals surface area (Å²) in [7, 11) is 0. The summed E-state index contributed by atoms with van der Waals surface area (Å²) in [6.45, 7) is 11.4. The number of halogens is 1. The number of piperidine rings is 1. The number of rotatable bonds is 6. The van der Waals surface area contributed by atoms with Crippen LogP contribution in [-0.2, 0) is 9.53 Å². The molecule has 2 fully saturated rings. The van der Waals surface area contributed by atoms with Crippen molar-refractivity contribution in [2.45, 2.75) is 71.1 Å². The first-order chi connectivity index (χ1) is 11.0. The Morgan fingerprint density at radius 2 is 1.79 bits per heavy atom. The highest BCUT2D eigenvalue weighted by atomic mass is 35.5. The van der Waals surface area contributed by atoms with E-state index in [1.165, 1.54) is 6.42 Å². The van der Waals surface area contributed by atoms with Crippen molar-refractivity contribution in [3.63, 3.8) is 0 Å². The molecule has 0 aliphatic carbocycles. The van der Waals surface area contributed by atoms with Crippen molar-refractivity contribution in [2.24, 2.45) is 11.7 Å². The van der Waals surface area contributed by atoms with E-state index in [4.69, 9.17) is 10.5 Å². The average molecular weight is 362 g/mol. The van der Waals surface area contributed by atoms with Crippen LogP contribution in [-0.4, -0.2) is 66.7 Å². The molecule has 2 aliphatic rings. The first kappa shape index (κ1) is 21.7. The van der Waals surface area contributed by atoms with Gasteiger partial charge in [-0.1, -0.05) is 13.3 Å². The number of hydrogen-bond donors (Lipinski definition) is 1. The van der Waals surface area contributed by atoms with Crippen LogP contribution in [0.4, 0.5) is 0 Å². The zero-order valence-electron chi connectivity index (χ0n) is 15.6. The molecule has 0 spiro atoms. The van der Waals surface area contributed by atoms with Crippen LogP contribution in [0.25, 0.3) is 0 Å². The van der Waals surface area contributed by atoms with Gasteiger partial charge in [-0.3, -0.25) is 9.69 Å². The molecule has 0 aromatic heterocycles. The van der Waals surface area contributed by atoms with Gasteiger partial charge in [-0.25, -0.2) is 0 Å². The molecule has 2 aliphatic heterocycles. The molecule has 3 atom stereocenters. The first-order valence-electron chi connectivity index (χ1n) is 9.41. The van der Waals surface area contributed by atoms with Crippen LogP contribution >= 0.6 is 12.4 Å². The minimum absolute atomic E-state index is 0. The Kier molecular flexibility index (Phi) is 9.57. The molecule has 2 rings (SSSR count). The van der Waals surface area contributed by atoms with Crippen molar-refractivity contribution in [2.75, 3.05) is 32.7 Å². The molecule has 1 amide bonds. The summed E-state index contributed by atoms with van der Waals surface area (Å²) in [6, 6.07) is -0.298. The van der Waals surface area contributed by atoms with Gasteiger partial charge in [0.2, 0.25) is 5.91 Å². The molecule has 2 heterocycles. The third-order valence-corrected chi connectivity index (χ3v) is 5.19. The van der Waals surface area contributed by atoms with Gasteiger partial charge in [-0.05, 0) is 52.0 Å². The Hall–Kier alpha value is -0.360. The number of carbonyl (C=O) groups is 1. The van der Waals surface area contributed by atoms with Crippen LogP contribution in [0.1, 0.15) is 52.9 Å². The van der Waals surface area contributed by atoms with Crippen molar-refractivity contribution in [1.82, 2.24) is 9.80 Å². The van der Waals surface area contributed by atoms with Gasteiger partial charge in [0.15, 0.2) is 0 Å². The van der Waals surface area contributed by atoms with Crippen LogP contribution in [0, 0.1) is 5.92 Å². The van der Waals surface area contributed by atoms with E-state index in [-0.39, 0.29) is 24.4 Å². The lowest BCUT2D eigenvalue weighted by molar-refractivity contribution is -0.134. The predicted octanol–water partition coefficient (Wildman–Crippen LogP) is 2.27. The zero-order chi connectivity index (χ0) is 16.8. The van der Waals surface area contributed by atoms with Gasteiger partial charge in [-0.15, -0.1) is 12.4 Å². The first-order valence-corrected chi connectivity index (χ1v) is 9.41. The molecule has 24 heavy (non-hydrogen) atoms. The summed E-state index contributed by atoms with van der Waals surface area (Å²) in [5.41, 5.74) is 5.97. The maximum absolute atomic E-state index is 12.3. The normalized spacial score (nSPS) is 27.6. The summed E-state index contributed by atoms with van der Waals surface area (Å²) >= 11 is 0. The van der Waals surface area contributed by atoms with Crippen molar-refractivity contribution in [3.05, 3.63) is 0 Å². The average Bonchev–Trinajstić information content (AvgIpc) is 2.52. The fourth-order valence-corrected chi connectivity index (χ4v) is 3.94. The molecule has 6 heteroatoms. The topological polar surface area (TPSA) is 58.8 Å². The zero-order valence-corrected chi connectivity index (χ0v) is 16.4. The molecule has 2 N–H and O–H groups in total. The molecule has 0 radical (unpaired) electrons. The number of likely N-dealkylation sites (tertiary alicyclic amines) is 1. The fourth-order valence-electron chi connectivity index (χ4n) is 3.94. The lowest BCUT2D eigenvalue weighted by atomic mass is 9.92. The van der Waals surface area contributed by atoms with Crippen LogP contribution in [0.15, 0.2) is 0 Å². The minimum Gasteiger partial charge on any atom is -0.373 e. The molecule has 5 nitrogen and oxygen atoms in total. The van der Waals surface area contributed by atoms with E-state index in [1.807, 2.05) is 4.90 Å². The maximum atomic E-state index is 12.3. The van der Waals surface area contributed by atoms with E-state index >= 15 is 0 Å². The molecule has 3 unspecified atom stereocenters. The molecule has 0 aromatic carbocycles. The molecular formula is C18H36ClN3O2. The highest BCUT2D eigenvalue weighted by molar-refractivity contribution is 5.85. The Morgan fingerprint density at radius 1 is 1.21 bits per heavy atom. The Labute approximate surface area is 153 Å². The van der Waals surface area contributed by atoms with Crippen molar-refractivity contribution >= 4 is 18.3 Å². The van der Waals surface area contributed by atoms with Crippen molar-refractivity contribution in [3.8, 4) is 0 Å². The molecule has 142 valence electrons. The van der Waals surface area contributed by atoms with Crippen molar-refractivity contribution < 1.29 is 9.53 Å². The van der Waals surface area contributed by atoms with E-state index in [2.05, 4.69) is 25.7 Å². The summed E-state index contributed by atoms with van der Waals surface area (Å²) in [4.78, 5) is 16.8. The molecule has 0 saturated carbocycles. The number of ether oxygens (including phenoxy) is 1. The summed E-state index contributed by atoms with van der Waals surface area (Å²) < 4.78 is 5.79. The highest BCUT2D eigenvalue weighted by Gasteiger charge is 2.27. The Balaban J connectivity index is 0.00000288. The highest BCUT2D eigenvalue weighted by Crippen LogP contribution is 2.22. The molecule has 0 aromatic rings. The summed E-state index contributed by atoms with van der Waals surface area (Å²) in [5.74, 6) is 0.899. The fraction of sp³-hybridized carbons (Fsp3) is 0.944.